The molecule has 1 saturated heterocycles. The number of hydrogen-bond acceptors (Lipinski definition) is 6. The van der Waals surface area contributed by atoms with E-state index in [1.54, 1.807) is 0 Å². The number of nitrogens with zero attached hydrogens (tertiary/aromatic N) is 5. The highest BCUT2D eigenvalue weighted by Gasteiger charge is 2.52. The summed E-state index contributed by atoms with van der Waals surface area (Å²) in [5.74, 6) is 2.05. The van der Waals surface area contributed by atoms with Gasteiger partial charge in [0.15, 0.2) is 5.65 Å². The van der Waals surface area contributed by atoms with E-state index in [2.05, 4.69) is 26.6 Å². The number of aromatic nitrogens is 4. The molecule has 1 spiro atoms. The Kier molecular flexibility index (Phi) is 4.01. The van der Waals surface area contributed by atoms with Crippen LogP contribution in [-0.4, -0.2) is 44.8 Å². The SMILES string of the molecule is CN1CC2(CC(n3nc(-c4ccc(Oc5ccccc5)cc4)c4c(N)ncnc43)C2)C1. The second kappa shape index (κ2) is 6.78. The third-order valence-corrected chi connectivity index (χ3v) is 6.52. The van der Waals surface area contributed by atoms with E-state index in [4.69, 9.17) is 15.6 Å². The number of rotatable bonds is 4. The predicted octanol–water partition coefficient (Wildman–Crippen LogP) is 4.13. The molecule has 156 valence electrons. The Bertz CT molecular complexity index is 1240. The molecule has 7 nitrogen and oxygen atoms in total. The Labute approximate surface area is 180 Å². The zero-order valence-electron chi connectivity index (χ0n) is 17.4. The maximum Gasteiger partial charge on any atom is 0.164 e. The van der Waals surface area contributed by atoms with Crippen molar-refractivity contribution in [3.63, 3.8) is 0 Å². The first kappa shape index (κ1) is 18.3. The van der Waals surface area contributed by atoms with E-state index in [0.29, 0.717) is 17.3 Å². The molecule has 2 aromatic heterocycles. The maximum absolute atomic E-state index is 6.27. The van der Waals surface area contributed by atoms with Crippen LogP contribution in [0.25, 0.3) is 22.3 Å². The van der Waals surface area contributed by atoms with E-state index in [1.807, 2.05) is 54.6 Å². The molecule has 1 aliphatic heterocycles. The standard InChI is InChI=1S/C24H24N6O/c1-29-13-24(14-29)11-17(12-24)30-23-20(22(25)26-15-27-23)21(28-30)16-7-9-19(10-8-16)31-18-5-3-2-4-6-18/h2-10,15,17H,11-14H2,1H3,(H2,25,26,27). The van der Waals surface area contributed by atoms with Crippen LogP contribution in [0.4, 0.5) is 5.82 Å². The molecule has 0 radical (unpaired) electrons. The number of nitrogens with two attached hydrogens (primary N) is 1. The molecule has 2 fully saturated rings. The highest BCUT2D eigenvalue weighted by atomic mass is 16.5. The molecule has 0 bridgehead atoms. The van der Waals surface area contributed by atoms with Gasteiger partial charge in [0.2, 0.25) is 0 Å². The quantitative estimate of drug-likeness (QED) is 0.543. The van der Waals surface area contributed by atoms with Crippen molar-refractivity contribution < 1.29 is 4.74 Å². The number of para-hydroxylation sites is 1. The number of nitrogen functional groups attached to an aromatic ring is 1. The number of hydrogen-bond donors (Lipinski definition) is 1. The van der Waals surface area contributed by atoms with E-state index in [-0.39, 0.29) is 0 Å². The van der Waals surface area contributed by atoms with Gasteiger partial charge in [-0.2, -0.15) is 5.10 Å². The highest BCUT2D eigenvalue weighted by molar-refractivity contribution is 5.98. The number of ether oxygens (including phenoxy) is 1. The summed E-state index contributed by atoms with van der Waals surface area (Å²) in [6.07, 6.45) is 3.81. The maximum atomic E-state index is 6.27. The van der Waals surface area contributed by atoms with Gasteiger partial charge in [-0.25, -0.2) is 14.6 Å². The number of fused-ring (bicyclic) bond motifs is 1. The lowest BCUT2D eigenvalue weighted by atomic mass is 9.61. The molecule has 0 amide bonds. The molecular formula is C24H24N6O. The normalized spacial score (nSPS) is 18.1. The summed E-state index contributed by atoms with van der Waals surface area (Å²) < 4.78 is 7.99. The zero-order valence-corrected chi connectivity index (χ0v) is 17.4. The van der Waals surface area contributed by atoms with E-state index in [1.165, 1.54) is 19.4 Å². The van der Waals surface area contributed by atoms with E-state index < -0.39 is 0 Å². The van der Waals surface area contributed by atoms with E-state index in [0.717, 1.165) is 46.6 Å². The van der Waals surface area contributed by atoms with Crippen molar-refractivity contribution in [3.05, 3.63) is 60.9 Å². The lowest BCUT2D eigenvalue weighted by Crippen LogP contribution is -2.60. The first-order valence-electron chi connectivity index (χ1n) is 10.6. The lowest BCUT2D eigenvalue weighted by molar-refractivity contribution is -0.0776. The van der Waals surface area contributed by atoms with Gasteiger partial charge < -0.3 is 15.4 Å². The summed E-state index contributed by atoms with van der Waals surface area (Å²) >= 11 is 0. The van der Waals surface area contributed by atoms with Gasteiger partial charge in [-0.1, -0.05) is 18.2 Å². The fraction of sp³-hybridized carbons (Fsp3) is 0.292. The Balaban J connectivity index is 1.33. The lowest BCUT2D eigenvalue weighted by Gasteiger charge is -2.58. The van der Waals surface area contributed by atoms with Gasteiger partial charge in [-0.05, 0) is 61.7 Å². The van der Waals surface area contributed by atoms with Gasteiger partial charge in [0.1, 0.15) is 29.3 Å². The molecule has 6 rings (SSSR count). The first-order valence-corrected chi connectivity index (χ1v) is 10.6. The van der Waals surface area contributed by atoms with Crippen LogP contribution >= 0.6 is 0 Å². The van der Waals surface area contributed by atoms with Gasteiger partial charge in [0.05, 0.1) is 11.4 Å². The summed E-state index contributed by atoms with van der Waals surface area (Å²) in [7, 11) is 2.18. The third-order valence-electron chi connectivity index (χ3n) is 6.52. The van der Waals surface area contributed by atoms with Crippen LogP contribution in [0.3, 0.4) is 0 Å². The summed E-state index contributed by atoms with van der Waals surface area (Å²) in [6, 6.07) is 18.1. The largest absolute Gasteiger partial charge is 0.457 e. The second-order valence-electron chi connectivity index (χ2n) is 8.92. The molecule has 7 heteroatoms. The van der Waals surface area contributed by atoms with Gasteiger partial charge in [-0.15, -0.1) is 0 Å². The van der Waals surface area contributed by atoms with Crippen molar-refractivity contribution in [1.29, 1.82) is 0 Å². The number of likely N-dealkylation sites (tertiary alicyclic amines) is 1. The molecule has 1 aliphatic carbocycles. The Hall–Kier alpha value is -3.45. The zero-order chi connectivity index (χ0) is 21.0. The smallest absolute Gasteiger partial charge is 0.164 e. The minimum Gasteiger partial charge on any atom is -0.457 e. The molecule has 0 atom stereocenters. The molecular weight excluding hydrogens is 388 g/mol. The summed E-state index contributed by atoms with van der Waals surface area (Å²) in [6.45, 7) is 2.35. The first-order chi connectivity index (χ1) is 15.1. The molecule has 4 aromatic rings. The van der Waals surface area contributed by atoms with Crippen LogP contribution in [0, 0.1) is 5.41 Å². The molecule has 3 heterocycles. The van der Waals surface area contributed by atoms with Crippen LogP contribution in [0.5, 0.6) is 11.5 Å². The van der Waals surface area contributed by atoms with Gasteiger partial charge in [0, 0.05) is 18.7 Å². The Morgan fingerprint density at radius 2 is 1.68 bits per heavy atom. The highest BCUT2D eigenvalue weighted by Crippen LogP contribution is 2.54. The second-order valence-corrected chi connectivity index (χ2v) is 8.92. The topological polar surface area (TPSA) is 82.1 Å². The van der Waals surface area contributed by atoms with Crippen molar-refractivity contribution in [2.75, 3.05) is 25.9 Å². The molecule has 1 saturated carbocycles. The monoisotopic (exact) mass is 412 g/mol. The molecule has 31 heavy (non-hydrogen) atoms. The summed E-state index contributed by atoms with van der Waals surface area (Å²) in [4.78, 5) is 11.2. The predicted molar refractivity (Wildman–Crippen MR) is 120 cm³/mol. The van der Waals surface area contributed by atoms with E-state index in [9.17, 15) is 0 Å². The number of anilines is 1. The fourth-order valence-electron chi connectivity index (χ4n) is 5.23. The van der Waals surface area contributed by atoms with Crippen LogP contribution in [0.1, 0.15) is 18.9 Å². The molecule has 2 aromatic carbocycles. The van der Waals surface area contributed by atoms with Gasteiger partial charge >= 0.3 is 0 Å². The van der Waals surface area contributed by atoms with Crippen LogP contribution in [0.15, 0.2) is 60.9 Å². The van der Waals surface area contributed by atoms with Gasteiger partial charge in [-0.3, -0.25) is 0 Å². The fourth-order valence-corrected chi connectivity index (χ4v) is 5.23. The van der Waals surface area contributed by atoms with Crippen LogP contribution in [-0.2, 0) is 0 Å². The average Bonchev–Trinajstić information content (AvgIpc) is 3.12. The van der Waals surface area contributed by atoms with Crippen molar-refractivity contribution in [3.8, 4) is 22.8 Å². The summed E-state index contributed by atoms with van der Waals surface area (Å²) in [5.41, 5.74) is 9.36. The average molecular weight is 412 g/mol. The molecule has 2 N–H and O–H groups in total. The van der Waals surface area contributed by atoms with Crippen molar-refractivity contribution in [2.24, 2.45) is 5.41 Å². The Morgan fingerprint density at radius 3 is 2.39 bits per heavy atom. The van der Waals surface area contributed by atoms with Gasteiger partial charge in [0.25, 0.3) is 0 Å². The van der Waals surface area contributed by atoms with Crippen molar-refractivity contribution >= 4 is 16.9 Å². The Morgan fingerprint density at radius 1 is 0.968 bits per heavy atom. The van der Waals surface area contributed by atoms with Crippen LogP contribution in [0.2, 0.25) is 0 Å². The number of benzene rings is 2. The minimum absolute atomic E-state index is 0.361. The molecule has 0 unspecified atom stereocenters. The van der Waals surface area contributed by atoms with Crippen molar-refractivity contribution in [1.82, 2.24) is 24.6 Å². The van der Waals surface area contributed by atoms with E-state index >= 15 is 0 Å². The molecule has 2 aliphatic rings. The minimum atomic E-state index is 0.361. The van der Waals surface area contributed by atoms with Crippen molar-refractivity contribution in [2.45, 2.75) is 18.9 Å². The van der Waals surface area contributed by atoms with Crippen LogP contribution < -0.4 is 10.5 Å². The summed E-state index contributed by atoms with van der Waals surface area (Å²) in [5, 5.41) is 5.80. The third kappa shape index (κ3) is 3.04.